The number of aliphatic carboxylic acids is 1. The fourth-order valence-electron chi connectivity index (χ4n) is 1.25. The normalized spacial score (nSPS) is 12.6. The van der Waals surface area contributed by atoms with Crippen molar-refractivity contribution >= 4 is 17.5 Å². The Balaban J connectivity index is 4.08. The van der Waals surface area contributed by atoms with Gasteiger partial charge in [0.2, 0.25) is 5.78 Å². The molecule has 0 amide bonds. The SMILES string of the molecule is CC(C)CC(C)C(=O)CC(=O)C(=O)O. The summed E-state index contributed by atoms with van der Waals surface area (Å²) in [6, 6.07) is 0. The number of carboxylic acid groups (broad SMARTS) is 1. The lowest BCUT2D eigenvalue weighted by Gasteiger charge is -2.11. The highest BCUT2D eigenvalue weighted by atomic mass is 16.4. The molecule has 0 heterocycles. The molecular weight excluding hydrogens is 184 g/mol. The largest absolute Gasteiger partial charge is 0.475 e. The molecule has 0 aliphatic rings. The van der Waals surface area contributed by atoms with E-state index in [-0.39, 0.29) is 11.7 Å². The van der Waals surface area contributed by atoms with Gasteiger partial charge in [-0.2, -0.15) is 0 Å². The van der Waals surface area contributed by atoms with Gasteiger partial charge in [0.1, 0.15) is 5.78 Å². The zero-order valence-electron chi connectivity index (χ0n) is 8.74. The van der Waals surface area contributed by atoms with E-state index in [0.717, 1.165) is 0 Å². The molecule has 0 spiro atoms. The Bertz CT molecular complexity index is 243. The quantitative estimate of drug-likeness (QED) is 0.518. The molecule has 0 aromatic heterocycles. The molecule has 0 aromatic rings. The van der Waals surface area contributed by atoms with Crippen molar-refractivity contribution in [2.75, 3.05) is 0 Å². The molecule has 0 bridgehead atoms. The van der Waals surface area contributed by atoms with Gasteiger partial charge in [0, 0.05) is 5.92 Å². The first-order valence-corrected chi connectivity index (χ1v) is 4.63. The Labute approximate surface area is 83.3 Å². The zero-order valence-corrected chi connectivity index (χ0v) is 8.74. The molecule has 0 saturated carbocycles. The topological polar surface area (TPSA) is 71.4 Å². The third kappa shape index (κ3) is 4.74. The van der Waals surface area contributed by atoms with E-state index >= 15 is 0 Å². The molecule has 0 aliphatic carbocycles. The van der Waals surface area contributed by atoms with Crippen molar-refractivity contribution in [3.8, 4) is 0 Å². The number of rotatable bonds is 6. The van der Waals surface area contributed by atoms with Gasteiger partial charge in [-0.25, -0.2) is 4.79 Å². The van der Waals surface area contributed by atoms with Crippen LogP contribution in [0.5, 0.6) is 0 Å². The van der Waals surface area contributed by atoms with Gasteiger partial charge in [-0.3, -0.25) is 9.59 Å². The standard InChI is InChI=1S/C10H16O4/c1-6(2)4-7(3)8(11)5-9(12)10(13)14/h6-7H,4-5H2,1-3H3,(H,13,14). The predicted octanol–water partition coefficient (Wildman–Crippen LogP) is 1.28. The van der Waals surface area contributed by atoms with Gasteiger partial charge in [0.25, 0.3) is 0 Å². The fourth-order valence-corrected chi connectivity index (χ4v) is 1.25. The third-order valence-corrected chi connectivity index (χ3v) is 1.95. The molecule has 1 atom stereocenters. The molecule has 1 unspecified atom stereocenters. The van der Waals surface area contributed by atoms with E-state index in [1.54, 1.807) is 6.92 Å². The summed E-state index contributed by atoms with van der Waals surface area (Å²) in [6.45, 7) is 5.67. The summed E-state index contributed by atoms with van der Waals surface area (Å²) in [5.74, 6) is -2.71. The van der Waals surface area contributed by atoms with Gasteiger partial charge >= 0.3 is 5.97 Å². The Morgan fingerprint density at radius 3 is 2.00 bits per heavy atom. The molecule has 1 N–H and O–H groups in total. The second kappa shape index (κ2) is 5.52. The van der Waals surface area contributed by atoms with Gasteiger partial charge < -0.3 is 5.11 Å². The van der Waals surface area contributed by atoms with Crippen LogP contribution in [0.25, 0.3) is 0 Å². The number of Topliss-reactive ketones (excluding diaryl/α,β-unsaturated/α-hetero) is 2. The van der Waals surface area contributed by atoms with Crippen LogP contribution in [0.15, 0.2) is 0 Å². The van der Waals surface area contributed by atoms with Crippen LogP contribution in [-0.4, -0.2) is 22.6 Å². The minimum Gasteiger partial charge on any atom is -0.475 e. The van der Waals surface area contributed by atoms with Gasteiger partial charge in [0.15, 0.2) is 0 Å². The summed E-state index contributed by atoms with van der Waals surface area (Å²) < 4.78 is 0. The number of carbonyl (C=O) groups is 3. The van der Waals surface area contributed by atoms with Crippen molar-refractivity contribution in [1.29, 1.82) is 0 Å². The molecular formula is C10H16O4. The van der Waals surface area contributed by atoms with E-state index < -0.39 is 18.2 Å². The number of hydrogen-bond acceptors (Lipinski definition) is 3. The second-order valence-corrected chi connectivity index (χ2v) is 3.90. The van der Waals surface area contributed by atoms with Crippen LogP contribution in [0.3, 0.4) is 0 Å². The van der Waals surface area contributed by atoms with E-state index in [0.29, 0.717) is 12.3 Å². The van der Waals surface area contributed by atoms with E-state index in [4.69, 9.17) is 5.11 Å². The van der Waals surface area contributed by atoms with Crippen molar-refractivity contribution in [2.24, 2.45) is 11.8 Å². The molecule has 0 saturated heterocycles. The van der Waals surface area contributed by atoms with E-state index in [1.807, 2.05) is 13.8 Å². The summed E-state index contributed by atoms with van der Waals surface area (Å²) >= 11 is 0. The van der Waals surface area contributed by atoms with Crippen LogP contribution >= 0.6 is 0 Å². The van der Waals surface area contributed by atoms with Crippen LogP contribution in [-0.2, 0) is 14.4 Å². The van der Waals surface area contributed by atoms with Crippen molar-refractivity contribution in [3.63, 3.8) is 0 Å². The van der Waals surface area contributed by atoms with Crippen LogP contribution in [0, 0.1) is 11.8 Å². The van der Waals surface area contributed by atoms with Crippen molar-refractivity contribution in [1.82, 2.24) is 0 Å². The monoisotopic (exact) mass is 200 g/mol. The summed E-state index contributed by atoms with van der Waals surface area (Å²) in [6.07, 6.45) is 0.203. The first-order valence-electron chi connectivity index (χ1n) is 4.63. The van der Waals surface area contributed by atoms with Gasteiger partial charge in [0.05, 0.1) is 6.42 Å². The molecule has 0 radical (unpaired) electrons. The maximum atomic E-state index is 11.3. The molecule has 0 aliphatic heterocycles. The molecule has 0 aromatic carbocycles. The summed E-state index contributed by atoms with van der Waals surface area (Å²) in [7, 11) is 0. The van der Waals surface area contributed by atoms with Crippen molar-refractivity contribution in [3.05, 3.63) is 0 Å². The van der Waals surface area contributed by atoms with Crippen molar-refractivity contribution in [2.45, 2.75) is 33.6 Å². The van der Waals surface area contributed by atoms with Crippen LogP contribution in [0.1, 0.15) is 33.6 Å². The lowest BCUT2D eigenvalue weighted by Crippen LogP contribution is -2.22. The smallest absolute Gasteiger partial charge is 0.372 e. The minimum absolute atomic E-state index is 0.238. The lowest BCUT2D eigenvalue weighted by atomic mass is 9.93. The zero-order chi connectivity index (χ0) is 11.3. The fraction of sp³-hybridized carbons (Fsp3) is 0.700. The Hall–Kier alpha value is -1.19. The van der Waals surface area contributed by atoms with E-state index in [2.05, 4.69) is 0 Å². The second-order valence-electron chi connectivity index (χ2n) is 3.90. The Kier molecular flexibility index (Phi) is 5.05. The number of carboxylic acids is 1. The first-order chi connectivity index (χ1) is 6.34. The van der Waals surface area contributed by atoms with Crippen LogP contribution in [0.4, 0.5) is 0 Å². The lowest BCUT2D eigenvalue weighted by molar-refractivity contribution is -0.150. The molecule has 0 fully saturated rings. The average Bonchev–Trinajstić information content (AvgIpc) is 2.02. The van der Waals surface area contributed by atoms with Crippen molar-refractivity contribution < 1.29 is 19.5 Å². The number of carbonyl (C=O) groups excluding carboxylic acids is 2. The van der Waals surface area contributed by atoms with Crippen LogP contribution in [0.2, 0.25) is 0 Å². The van der Waals surface area contributed by atoms with Gasteiger partial charge in [-0.15, -0.1) is 0 Å². The molecule has 4 nitrogen and oxygen atoms in total. The highest BCUT2D eigenvalue weighted by Gasteiger charge is 2.21. The highest BCUT2D eigenvalue weighted by molar-refractivity contribution is 6.36. The van der Waals surface area contributed by atoms with E-state index in [1.165, 1.54) is 0 Å². The highest BCUT2D eigenvalue weighted by Crippen LogP contribution is 2.13. The number of ketones is 2. The van der Waals surface area contributed by atoms with E-state index in [9.17, 15) is 14.4 Å². The molecule has 4 heteroatoms. The summed E-state index contributed by atoms with van der Waals surface area (Å²) in [5, 5.41) is 8.29. The van der Waals surface area contributed by atoms with Gasteiger partial charge in [-0.05, 0) is 12.3 Å². The minimum atomic E-state index is -1.53. The predicted molar refractivity (Wildman–Crippen MR) is 50.9 cm³/mol. The molecule has 80 valence electrons. The number of hydrogen-bond donors (Lipinski definition) is 1. The summed E-state index contributed by atoms with van der Waals surface area (Å²) in [5.41, 5.74) is 0. The average molecular weight is 200 g/mol. The maximum Gasteiger partial charge on any atom is 0.372 e. The molecule has 0 rings (SSSR count). The molecule has 14 heavy (non-hydrogen) atoms. The Morgan fingerprint density at radius 1 is 1.14 bits per heavy atom. The first kappa shape index (κ1) is 12.8. The Morgan fingerprint density at radius 2 is 1.64 bits per heavy atom. The van der Waals surface area contributed by atoms with Crippen LogP contribution < -0.4 is 0 Å². The van der Waals surface area contributed by atoms with Gasteiger partial charge in [-0.1, -0.05) is 20.8 Å². The maximum absolute atomic E-state index is 11.3. The third-order valence-electron chi connectivity index (χ3n) is 1.95. The summed E-state index contributed by atoms with van der Waals surface area (Å²) in [4.78, 5) is 32.2.